The number of hydrogen-bond donors (Lipinski definition) is 3. The zero-order valence-corrected chi connectivity index (χ0v) is 14.7. The first-order chi connectivity index (χ1) is 12.2. The van der Waals surface area contributed by atoms with Gasteiger partial charge < -0.3 is 20.5 Å². The summed E-state index contributed by atoms with van der Waals surface area (Å²) in [6, 6.07) is 2.28. The smallest absolute Gasteiger partial charge is 0.338 e. The minimum absolute atomic E-state index is 0.195. The van der Waals surface area contributed by atoms with Gasteiger partial charge in [0, 0.05) is 11.8 Å². The van der Waals surface area contributed by atoms with Crippen LogP contribution in [0.5, 0.6) is 5.75 Å². The summed E-state index contributed by atoms with van der Waals surface area (Å²) < 4.78 is 5.28. The molecule has 0 fully saturated rings. The number of rotatable bonds is 6. The van der Waals surface area contributed by atoms with Crippen molar-refractivity contribution in [1.29, 1.82) is 0 Å². The Labute approximate surface area is 150 Å². The lowest BCUT2D eigenvalue weighted by Gasteiger charge is -2.29. The summed E-state index contributed by atoms with van der Waals surface area (Å²) in [4.78, 5) is 35.0. The lowest BCUT2D eigenvalue weighted by atomic mass is 9.93. The summed E-state index contributed by atoms with van der Waals surface area (Å²) >= 11 is 0. The van der Waals surface area contributed by atoms with E-state index in [-0.39, 0.29) is 11.7 Å². The number of nitro groups is 1. The third-order valence-electron chi connectivity index (χ3n) is 3.75. The Kier molecular flexibility index (Phi) is 5.81. The van der Waals surface area contributed by atoms with Crippen LogP contribution in [0.4, 0.5) is 10.5 Å². The van der Waals surface area contributed by atoms with Crippen LogP contribution in [0.3, 0.4) is 0 Å². The van der Waals surface area contributed by atoms with Gasteiger partial charge >= 0.3 is 17.7 Å². The second-order valence-corrected chi connectivity index (χ2v) is 6.13. The fourth-order valence-corrected chi connectivity index (χ4v) is 2.70. The van der Waals surface area contributed by atoms with Crippen LogP contribution >= 0.6 is 0 Å². The van der Waals surface area contributed by atoms with Gasteiger partial charge in [0.2, 0.25) is 0 Å². The molecule has 0 aliphatic carbocycles. The van der Waals surface area contributed by atoms with E-state index >= 15 is 0 Å². The number of nitro benzene ring substituents is 1. The van der Waals surface area contributed by atoms with Gasteiger partial charge in [-0.3, -0.25) is 10.1 Å². The Bertz CT molecular complexity index is 772. The Morgan fingerprint density at radius 1 is 1.42 bits per heavy atom. The van der Waals surface area contributed by atoms with Gasteiger partial charge in [0.05, 0.1) is 22.6 Å². The average Bonchev–Trinajstić information content (AvgIpc) is 2.54. The molecule has 0 aromatic heterocycles. The molecule has 1 aromatic rings. The topological polar surface area (TPSA) is 131 Å². The normalized spacial score (nSPS) is 16.9. The van der Waals surface area contributed by atoms with E-state index in [1.54, 1.807) is 13.8 Å². The summed E-state index contributed by atoms with van der Waals surface area (Å²) in [5, 5.41) is 25.9. The number of hydrogen-bond acceptors (Lipinski definition) is 6. The van der Waals surface area contributed by atoms with Crippen LogP contribution in [0, 0.1) is 10.1 Å². The quantitative estimate of drug-likeness (QED) is 0.404. The number of nitrogens with one attached hydrogen (secondary N) is 2. The van der Waals surface area contributed by atoms with Crippen LogP contribution in [0.2, 0.25) is 0 Å². The number of phenolic OH excluding ortho intramolecular Hbond substituents is 1. The first-order valence-corrected chi connectivity index (χ1v) is 8.23. The molecule has 1 aliphatic heterocycles. The van der Waals surface area contributed by atoms with Crippen molar-refractivity contribution in [2.75, 3.05) is 0 Å². The van der Waals surface area contributed by atoms with Crippen molar-refractivity contribution in [2.45, 2.75) is 45.8 Å². The van der Waals surface area contributed by atoms with E-state index in [9.17, 15) is 24.8 Å². The van der Waals surface area contributed by atoms with E-state index in [4.69, 9.17) is 4.74 Å². The molecule has 2 rings (SSSR count). The minimum atomic E-state index is -0.921. The number of urea groups is 1. The number of carbonyl (C=O) groups is 2. The van der Waals surface area contributed by atoms with Crippen molar-refractivity contribution < 1.29 is 24.4 Å². The number of benzene rings is 1. The van der Waals surface area contributed by atoms with Gasteiger partial charge in [-0.25, -0.2) is 9.59 Å². The molecule has 0 radical (unpaired) electrons. The molecule has 1 aliphatic rings. The highest BCUT2D eigenvalue weighted by Gasteiger charge is 2.34. The van der Waals surface area contributed by atoms with Crippen molar-refractivity contribution >= 4 is 17.7 Å². The maximum atomic E-state index is 12.6. The lowest BCUT2D eigenvalue weighted by molar-refractivity contribution is -0.385. The maximum absolute atomic E-state index is 12.6. The number of carbonyl (C=O) groups excluding carboxylic acids is 2. The van der Waals surface area contributed by atoms with Crippen molar-refractivity contribution in [3.05, 3.63) is 45.1 Å². The standard InChI is InChI=1S/C17H21N3O6/c1-4-5-11-14(16(22)26-9(2)3)15(19-17(23)18-11)10-6-7-13(21)12(8-10)20(24)25/h6-9,15,21H,4-5H2,1-3H3,(H2,18,19,23). The molecule has 1 heterocycles. The maximum Gasteiger partial charge on any atom is 0.338 e. The molecular weight excluding hydrogens is 342 g/mol. The highest BCUT2D eigenvalue weighted by atomic mass is 16.6. The molecule has 1 aromatic carbocycles. The van der Waals surface area contributed by atoms with Crippen LogP contribution in [0.15, 0.2) is 29.5 Å². The Morgan fingerprint density at radius 2 is 2.12 bits per heavy atom. The number of nitrogens with zero attached hydrogens (tertiary/aromatic N) is 1. The molecule has 0 saturated heterocycles. The summed E-state index contributed by atoms with van der Waals surface area (Å²) in [6.45, 7) is 5.30. The summed E-state index contributed by atoms with van der Waals surface area (Å²) in [5.74, 6) is -1.11. The van der Waals surface area contributed by atoms with Gasteiger partial charge in [-0.1, -0.05) is 19.4 Å². The van der Waals surface area contributed by atoms with Crippen LogP contribution in [-0.4, -0.2) is 28.1 Å². The van der Waals surface area contributed by atoms with Crippen molar-refractivity contribution in [3.63, 3.8) is 0 Å². The number of amides is 2. The average molecular weight is 363 g/mol. The van der Waals surface area contributed by atoms with Gasteiger partial charge in [0.15, 0.2) is 5.75 Å². The second-order valence-electron chi connectivity index (χ2n) is 6.13. The number of ether oxygens (including phenoxy) is 1. The third kappa shape index (κ3) is 4.11. The molecule has 1 atom stereocenters. The predicted octanol–water partition coefficient (Wildman–Crippen LogP) is 2.66. The minimum Gasteiger partial charge on any atom is -0.502 e. The van der Waals surface area contributed by atoms with Crippen LogP contribution < -0.4 is 10.6 Å². The van der Waals surface area contributed by atoms with E-state index in [2.05, 4.69) is 10.6 Å². The SMILES string of the molecule is CCCC1=C(C(=O)OC(C)C)C(c2ccc(O)c([N+](=O)[O-])c2)NC(=O)N1. The number of allylic oxidation sites excluding steroid dienone is 1. The van der Waals surface area contributed by atoms with Crippen molar-refractivity contribution in [2.24, 2.45) is 0 Å². The highest BCUT2D eigenvalue weighted by Crippen LogP contribution is 2.34. The van der Waals surface area contributed by atoms with Gasteiger partial charge in [0.1, 0.15) is 0 Å². The molecule has 3 N–H and O–H groups in total. The molecule has 140 valence electrons. The Hall–Kier alpha value is -3.10. The Morgan fingerprint density at radius 3 is 2.69 bits per heavy atom. The Balaban J connectivity index is 2.57. The van der Waals surface area contributed by atoms with Crippen LogP contribution in [0.25, 0.3) is 0 Å². The van der Waals surface area contributed by atoms with Gasteiger partial charge in [0.25, 0.3) is 0 Å². The monoisotopic (exact) mass is 363 g/mol. The first-order valence-electron chi connectivity index (χ1n) is 8.23. The van der Waals surface area contributed by atoms with E-state index in [1.165, 1.54) is 6.07 Å². The molecule has 0 saturated carbocycles. The molecule has 0 bridgehead atoms. The predicted molar refractivity (Wildman–Crippen MR) is 92.3 cm³/mol. The lowest BCUT2D eigenvalue weighted by Crippen LogP contribution is -2.46. The van der Waals surface area contributed by atoms with E-state index < -0.39 is 34.4 Å². The van der Waals surface area contributed by atoms with Crippen molar-refractivity contribution in [3.8, 4) is 5.75 Å². The molecule has 1 unspecified atom stereocenters. The second kappa shape index (κ2) is 7.85. The van der Waals surface area contributed by atoms with Crippen LogP contribution in [-0.2, 0) is 9.53 Å². The van der Waals surface area contributed by atoms with Gasteiger partial charge in [-0.05, 0) is 31.9 Å². The van der Waals surface area contributed by atoms with E-state index in [0.29, 0.717) is 24.1 Å². The fraction of sp³-hybridized carbons (Fsp3) is 0.412. The molecule has 0 spiro atoms. The van der Waals surface area contributed by atoms with Gasteiger partial charge in [-0.15, -0.1) is 0 Å². The molecular formula is C17H21N3O6. The third-order valence-corrected chi connectivity index (χ3v) is 3.75. The van der Waals surface area contributed by atoms with Crippen molar-refractivity contribution in [1.82, 2.24) is 10.6 Å². The first kappa shape index (κ1) is 19.2. The zero-order chi connectivity index (χ0) is 19.4. The fourth-order valence-electron chi connectivity index (χ4n) is 2.70. The molecule has 9 heteroatoms. The summed E-state index contributed by atoms with van der Waals surface area (Å²) in [7, 11) is 0. The van der Waals surface area contributed by atoms with E-state index in [1.807, 2.05) is 6.92 Å². The highest BCUT2D eigenvalue weighted by molar-refractivity contribution is 5.95. The summed E-state index contributed by atoms with van der Waals surface area (Å²) in [6.07, 6.45) is 0.744. The molecule has 26 heavy (non-hydrogen) atoms. The number of esters is 1. The largest absolute Gasteiger partial charge is 0.502 e. The molecule has 2 amide bonds. The zero-order valence-electron chi connectivity index (χ0n) is 14.7. The van der Waals surface area contributed by atoms with Gasteiger partial charge in [-0.2, -0.15) is 0 Å². The summed E-state index contributed by atoms with van der Waals surface area (Å²) in [5.41, 5.74) is 0.403. The van der Waals surface area contributed by atoms with Crippen LogP contribution in [0.1, 0.15) is 45.2 Å². The molecule has 9 nitrogen and oxygen atoms in total. The number of aromatic hydroxyl groups is 1. The number of phenols is 1. The van der Waals surface area contributed by atoms with E-state index in [0.717, 1.165) is 12.1 Å².